The highest BCUT2D eigenvalue weighted by Gasteiger charge is 2.18. The zero-order valence-corrected chi connectivity index (χ0v) is 12.0. The second-order valence-electron chi connectivity index (χ2n) is 4.85. The Labute approximate surface area is 119 Å². The normalized spacial score (nSPS) is 15.0. The van der Waals surface area contributed by atoms with Crippen LogP contribution in [0.3, 0.4) is 0 Å². The molecule has 1 N–H and O–H groups in total. The number of aryl methyl sites for hydroxylation is 1. The minimum Gasteiger partial charge on any atom is -0.395 e. The van der Waals surface area contributed by atoms with Gasteiger partial charge in [0.05, 0.1) is 25.4 Å². The average Bonchev–Trinajstić information content (AvgIpc) is 2.47. The lowest BCUT2D eigenvalue weighted by Gasteiger charge is -2.29. The Morgan fingerprint density at radius 3 is 2.80 bits per heavy atom. The van der Waals surface area contributed by atoms with Gasteiger partial charge >= 0.3 is 0 Å². The summed E-state index contributed by atoms with van der Waals surface area (Å²) in [6, 6.07) is 4.15. The molecule has 0 atom stereocenters. The van der Waals surface area contributed by atoms with Crippen LogP contribution in [0.4, 0.5) is 11.6 Å². The molecular formula is C14H20N4O2. The molecule has 0 saturated carbocycles. The third-order valence-corrected chi connectivity index (χ3v) is 3.43. The van der Waals surface area contributed by atoms with E-state index in [4.69, 9.17) is 9.84 Å². The van der Waals surface area contributed by atoms with Gasteiger partial charge in [0.1, 0.15) is 17.7 Å². The molecular weight excluding hydrogens is 256 g/mol. The van der Waals surface area contributed by atoms with Crippen LogP contribution in [0.5, 0.6) is 0 Å². The third kappa shape index (κ3) is 3.00. The summed E-state index contributed by atoms with van der Waals surface area (Å²) in [4.78, 5) is 8.58. The van der Waals surface area contributed by atoms with Crippen molar-refractivity contribution < 1.29 is 9.84 Å². The summed E-state index contributed by atoms with van der Waals surface area (Å²) in [5, 5.41) is 18.4. The van der Waals surface area contributed by atoms with Crippen molar-refractivity contribution in [3.63, 3.8) is 0 Å². The summed E-state index contributed by atoms with van der Waals surface area (Å²) in [5.41, 5.74) is 1.47. The molecule has 0 unspecified atom stereocenters. The number of likely N-dealkylation sites (N-methyl/N-ethyl adjacent to an activating group) is 1. The van der Waals surface area contributed by atoms with E-state index >= 15 is 0 Å². The molecule has 1 saturated heterocycles. The van der Waals surface area contributed by atoms with Gasteiger partial charge in [0.25, 0.3) is 0 Å². The van der Waals surface area contributed by atoms with E-state index in [1.54, 1.807) is 0 Å². The van der Waals surface area contributed by atoms with Gasteiger partial charge in [-0.1, -0.05) is 0 Å². The van der Waals surface area contributed by atoms with Crippen LogP contribution in [0.1, 0.15) is 11.1 Å². The maximum Gasteiger partial charge on any atom is 0.149 e. The second-order valence-corrected chi connectivity index (χ2v) is 4.85. The first-order chi connectivity index (χ1) is 9.67. The van der Waals surface area contributed by atoms with Crippen LogP contribution in [0.15, 0.2) is 6.07 Å². The number of anilines is 2. The van der Waals surface area contributed by atoms with E-state index in [0.717, 1.165) is 24.5 Å². The van der Waals surface area contributed by atoms with Crippen molar-refractivity contribution in [2.24, 2.45) is 0 Å². The summed E-state index contributed by atoms with van der Waals surface area (Å²) in [7, 11) is 1.84. The molecule has 0 spiro atoms. The number of hydrogen-bond donors (Lipinski definition) is 1. The highest BCUT2D eigenvalue weighted by Crippen LogP contribution is 2.25. The van der Waals surface area contributed by atoms with Gasteiger partial charge in [-0.15, -0.1) is 0 Å². The van der Waals surface area contributed by atoms with E-state index in [1.165, 1.54) is 0 Å². The number of aliphatic hydroxyl groups is 1. The Morgan fingerprint density at radius 1 is 1.50 bits per heavy atom. The first-order valence-corrected chi connectivity index (χ1v) is 6.73. The molecule has 0 aliphatic carbocycles. The van der Waals surface area contributed by atoms with Crippen molar-refractivity contribution in [2.75, 3.05) is 56.3 Å². The molecule has 20 heavy (non-hydrogen) atoms. The van der Waals surface area contributed by atoms with Crippen molar-refractivity contribution in [3.05, 3.63) is 17.2 Å². The molecule has 6 heteroatoms. The zero-order chi connectivity index (χ0) is 14.5. The Morgan fingerprint density at radius 2 is 2.20 bits per heavy atom. The average molecular weight is 276 g/mol. The lowest BCUT2D eigenvalue weighted by Crippen LogP contribution is -2.37. The Bertz CT molecular complexity index is 507. The van der Waals surface area contributed by atoms with Crippen LogP contribution in [0.2, 0.25) is 0 Å². The lowest BCUT2D eigenvalue weighted by atomic mass is 10.1. The van der Waals surface area contributed by atoms with Gasteiger partial charge in [-0.25, -0.2) is 4.98 Å². The standard InChI is InChI=1S/C14H20N4O2/c1-11-9-13(18-4-7-20-8-5-18)16-14(12(11)10-15)17(2)3-6-19/h9,19H,3-8H2,1-2H3. The van der Waals surface area contributed by atoms with Crippen LogP contribution in [-0.2, 0) is 4.74 Å². The van der Waals surface area contributed by atoms with E-state index in [1.807, 2.05) is 24.9 Å². The van der Waals surface area contributed by atoms with Gasteiger partial charge in [-0.2, -0.15) is 5.26 Å². The zero-order valence-electron chi connectivity index (χ0n) is 12.0. The molecule has 108 valence electrons. The van der Waals surface area contributed by atoms with Gasteiger partial charge in [-0.3, -0.25) is 0 Å². The maximum atomic E-state index is 9.30. The fourth-order valence-electron chi connectivity index (χ4n) is 2.26. The van der Waals surface area contributed by atoms with E-state index < -0.39 is 0 Å². The van der Waals surface area contributed by atoms with E-state index in [2.05, 4.69) is 16.0 Å². The molecule has 2 heterocycles. The second kappa shape index (κ2) is 6.55. The number of nitriles is 1. The van der Waals surface area contributed by atoms with Crippen molar-refractivity contribution in [1.82, 2.24) is 4.98 Å². The maximum absolute atomic E-state index is 9.30. The Kier molecular flexibility index (Phi) is 4.77. The topological polar surface area (TPSA) is 72.6 Å². The molecule has 1 aliphatic rings. The fourth-order valence-corrected chi connectivity index (χ4v) is 2.26. The smallest absolute Gasteiger partial charge is 0.149 e. The first kappa shape index (κ1) is 14.6. The quantitative estimate of drug-likeness (QED) is 0.864. The number of aliphatic hydroxyl groups excluding tert-OH is 1. The number of ether oxygens (including phenoxy) is 1. The Balaban J connectivity index is 2.37. The van der Waals surface area contributed by atoms with E-state index in [-0.39, 0.29) is 6.61 Å². The van der Waals surface area contributed by atoms with E-state index in [9.17, 15) is 5.26 Å². The molecule has 0 bridgehead atoms. The molecule has 1 aromatic heterocycles. The first-order valence-electron chi connectivity index (χ1n) is 6.73. The van der Waals surface area contributed by atoms with Gasteiger partial charge in [0, 0.05) is 26.7 Å². The highest BCUT2D eigenvalue weighted by molar-refractivity contribution is 5.62. The molecule has 1 aromatic rings. The van der Waals surface area contributed by atoms with Crippen molar-refractivity contribution in [3.8, 4) is 6.07 Å². The third-order valence-electron chi connectivity index (χ3n) is 3.43. The molecule has 1 aliphatic heterocycles. The van der Waals surface area contributed by atoms with Crippen LogP contribution in [0.25, 0.3) is 0 Å². The number of aromatic nitrogens is 1. The largest absolute Gasteiger partial charge is 0.395 e. The van der Waals surface area contributed by atoms with Crippen LogP contribution in [-0.4, -0.2) is 56.6 Å². The molecule has 1 fully saturated rings. The molecule has 0 amide bonds. The van der Waals surface area contributed by atoms with Gasteiger partial charge in [0.2, 0.25) is 0 Å². The van der Waals surface area contributed by atoms with Crippen LogP contribution < -0.4 is 9.80 Å². The fraction of sp³-hybridized carbons (Fsp3) is 0.571. The van der Waals surface area contributed by atoms with Crippen LogP contribution >= 0.6 is 0 Å². The lowest BCUT2D eigenvalue weighted by molar-refractivity contribution is 0.122. The van der Waals surface area contributed by atoms with Gasteiger partial charge < -0.3 is 19.6 Å². The SMILES string of the molecule is Cc1cc(N2CCOCC2)nc(N(C)CCO)c1C#N. The summed E-state index contributed by atoms with van der Waals surface area (Å²) >= 11 is 0. The summed E-state index contributed by atoms with van der Waals surface area (Å²) in [6.45, 7) is 5.41. The Hall–Kier alpha value is -1.84. The summed E-state index contributed by atoms with van der Waals surface area (Å²) in [5.74, 6) is 1.49. The summed E-state index contributed by atoms with van der Waals surface area (Å²) < 4.78 is 5.35. The number of pyridine rings is 1. The minimum absolute atomic E-state index is 0.0316. The number of nitrogens with zero attached hydrogens (tertiary/aromatic N) is 4. The van der Waals surface area contributed by atoms with Gasteiger partial charge in [0.15, 0.2) is 0 Å². The summed E-state index contributed by atoms with van der Waals surface area (Å²) in [6.07, 6.45) is 0. The van der Waals surface area contributed by atoms with Crippen molar-refractivity contribution in [1.29, 1.82) is 5.26 Å². The van der Waals surface area contributed by atoms with E-state index in [0.29, 0.717) is 31.1 Å². The minimum atomic E-state index is 0.0316. The van der Waals surface area contributed by atoms with Crippen LogP contribution in [0, 0.1) is 18.3 Å². The number of morpholine rings is 1. The van der Waals surface area contributed by atoms with Crippen molar-refractivity contribution in [2.45, 2.75) is 6.92 Å². The molecule has 0 aromatic carbocycles. The predicted molar refractivity (Wildman–Crippen MR) is 77.1 cm³/mol. The molecule has 0 radical (unpaired) electrons. The predicted octanol–water partition coefficient (Wildman–Crippen LogP) is 0.527. The number of hydrogen-bond acceptors (Lipinski definition) is 6. The monoisotopic (exact) mass is 276 g/mol. The van der Waals surface area contributed by atoms with Crippen molar-refractivity contribution >= 4 is 11.6 Å². The number of rotatable bonds is 4. The molecule has 6 nitrogen and oxygen atoms in total. The molecule has 2 rings (SSSR count). The van der Waals surface area contributed by atoms with Gasteiger partial charge in [-0.05, 0) is 18.6 Å². The highest BCUT2D eigenvalue weighted by atomic mass is 16.5.